The minimum atomic E-state index is -0.489. The number of piperazine rings is 1. The Morgan fingerprint density at radius 3 is 2.40 bits per heavy atom. The summed E-state index contributed by atoms with van der Waals surface area (Å²) in [5, 5.41) is 5.83. The smallest absolute Gasteiger partial charge is 0.242 e. The highest BCUT2D eigenvalue weighted by atomic mass is 32.1. The molecule has 7 nitrogen and oxygen atoms in total. The fraction of sp³-hybridized carbons (Fsp3) is 0.500. The molecule has 2 amide bonds. The van der Waals surface area contributed by atoms with Crippen molar-refractivity contribution >= 4 is 23.2 Å². The van der Waals surface area contributed by atoms with E-state index in [0.717, 1.165) is 41.6 Å². The van der Waals surface area contributed by atoms with Crippen LogP contribution in [0.25, 0.3) is 10.6 Å². The molecule has 30 heavy (non-hydrogen) atoms. The van der Waals surface area contributed by atoms with Crippen LogP contribution in [-0.2, 0) is 16.1 Å². The first kappa shape index (κ1) is 22.2. The van der Waals surface area contributed by atoms with E-state index in [-0.39, 0.29) is 18.4 Å². The predicted octanol–water partition coefficient (Wildman–Crippen LogP) is 2.63. The van der Waals surface area contributed by atoms with Crippen molar-refractivity contribution in [3.63, 3.8) is 0 Å². The van der Waals surface area contributed by atoms with Crippen molar-refractivity contribution in [2.75, 3.05) is 39.8 Å². The molecule has 2 aromatic rings. The largest absolute Gasteiger partial charge is 0.497 e. The molecular formula is C22H30N4O3S. The molecule has 1 saturated heterocycles. The molecule has 0 radical (unpaired) electrons. The Balaban J connectivity index is 1.46. The Kier molecular flexibility index (Phi) is 7.10. The standard InChI is InChI=1S/C22H30N4O3S/c1-22(2,3)21(28)23-13-19(27)26-11-9-25(10-12-26)14-17-15-30-20(24-17)16-5-7-18(29-4)8-6-16/h5-8,15H,9-14H2,1-4H3,(H,23,28). The lowest BCUT2D eigenvalue weighted by Crippen LogP contribution is -2.51. The quantitative estimate of drug-likeness (QED) is 0.763. The zero-order chi connectivity index (χ0) is 21.7. The van der Waals surface area contributed by atoms with Gasteiger partial charge in [0.1, 0.15) is 10.8 Å². The molecule has 162 valence electrons. The fourth-order valence-electron chi connectivity index (χ4n) is 3.16. The van der Waals surface area contributed by atoms with Gasteiger partial charge in [0, 0.05) is 49.1 Å². The number of aromatic nitrogens is 1. The maximum absolute atomic E-state index is 12.4. The minimum absolute atomic E-state index is 0.0253. The Hall–Kier alpha value is -2.45. The molecule has 1 aromatic heterocycles. The SMILES string of the molecule is COc1ccc(-c2nc(CN3CCN(C(=O)CNC(=O)C(C)(C)C)CC3)cs2)cc1. The molecular weight excluding hydrogens is 400 g/mol. The Morgan fingerprint density at radius 2 is 1.80 bits per heavy atom. The maximum Gasteiger partial charge on any atom is 0.242 e. The highest BCUT2D eigenvalue weighted by molar-refractivity contribution is 7.13. The average Bonchev–Trinajstić information content (AvgIpc) is 3.20. The van der Waals surface area contributed by atoms with Crippen LogP contribution in [0.5, 0.6) is 5.75 Å². The van der Waals surface area contributed by atoms with E-state index < -0.39 is 5.41 Å². The van der Waals surface area contributed by atoms with Crippen LogP contribution in [0, 0.1) is 5.41 Å². The van der Waals surface area contributed by atoms with E-state index in [4.69, 9.17) is 9.72 Å². The van der Waals surface area contributed by atoms with Crippen LogP contribution in [0.1, 0.15) is 26.5 Å². The number of rotatable bonds is 6. The van der Waals surface area contributed by atoms with E-state index >= 15 is 0 Å². The van der Waals surface area contributed by atoms with Gasteiger partial charge in [-0.25, -0.2) is 4.98 Å². The van der Waals surface area contributed by atoms with Crippen LogP contribution in [0.15, 0.2) is 29.6 Å². The van der Waals surface area contributed by atoms with Crippen LogP contribution in [0.4, 0.5) is 0 Å². The van der Waals surface area contributed by atoms with Gasteiger partial charge in [0.2, 0.25) is 11.8 Å². The monoisotopic (exact) mass is 430 g/mol. The second-order valence-corrected chi connectivity index (χ2v) is 9.32. The highest BCUT2D eigenvalue weighted by Crippen LogP contribution is 2.26. The summed E-state index contributed by atoms with van der Waals surface area (Å²) in [6, 6.07) is 7.92. The first-order chi connectivity index (χ1) is 14.3. The summed E-state index contributed by atoms with van der Waals surface area (Å²) in [6.07, 6.45) is 0. The fourth-order valence-corrected chi connectivity index (χ4v) is 3.98. The van der Waals surface area contributed by atoms with Gasteiger partial charge in [-0.15, -0.1) is 11.3 Å². The van der Waals surface area contributed by atoms with Crippen LogP contribution in [-0.4, -0.2) is 66.4 Å². The third kappa shape index (κ3) is 5.79. The number of carbonyl (C=O) groups excluding carboxylic acids is 2. The van der Waals surface area contributed by atoms with Crippen LogP contribution in [0.2, 0.25) is 0 Å². The van der Waals surface area contributed by atoms with Crippen molar-refractivity contribution in [2.24, 2.45) is 5.41 Å². The lowest BCUT2D eigenvalue weighted by Gasteiger charge is -2.34. The van der Waals surface area contributed by atoms with E-state index in [1.165, 1.54) is 0 Å². The Bertz CT molecular complexity index is 865. The number of ether oxygens (including phenoxy) is 1. The van der Waals surface area contributed by atoms with E-state index in [0.29, 0.717) is 13.1 Å². The van der Waals surface area contributed by atoms with E-state index in [1.54, 1.807) is 18.4 Å². The molecule has 0 unspecified atom stereocenters. The van der Waals surface area contributed by atoms with Crippen molar-refractivity contribution in [1.82, 2.24) is 20.1 Å². The van der Waals surface area contributed by atoms with Gasteiger partial charge in [-0.3, -0.25) is 14.5 Å². The second-order valence-electron chi connectivity index (χ2n) is 8.46. The van der Waals surface area contributed by atoms with Gasteiger partial charge in [0.05, 0.1) is 19.3 Å². The summed E-state index contributed by atoms with van der Waals surface area (Å²) in [5.74, 6) is 0.703. The molecule has 0 saturated carbocycles. The van der Waals surface area contributed by atoms with Gasteiger partial charge < -0.3 is 15.0 Å². The number of nitrogens with zero attached hydrogens (tertiary/aromatic N) is 3. The summed E-state index contributed by atoms with van der Waals surface area (Å²) in [7, 11) is 1.66. The van der Waals surface area contributed by atoms with Gasteiger partial charge >= 0.3 is 0 Å². The lowest BCUT2D eigenvalue weighted by atomic mass is 9.96. The molecule has 1 aromatic carbocycles. The zero-order valence-corrected chi connectivity index (χ0v) is 18.9. The van der Waals surface area contributed by atoms with E-state index in [9.17, 15) is 9.59 Å². The van der Waals surface area contributed by atoms with Gasteiger partial charge in [0.15, 0.2) is 0 Å². The van der Waals surface area contributed by atoms with Crippen molar-refractivity contribution in [2.45, 2.75) is 27.3 Å². The molecule has 1 aliphatic heterocycles. The summed E-state index contributed by atoms with van der Waals surface area (Å²) in [6.45, 7) is 9.28. The van der Waals surface area contributed by atoms with Crippen LogP contribution < -0.4 is 10.1 Å². The second kappa shape index (κ2) is 9.57. The van der Waals surface area contributed by atoms with E-state index in [1.807, 2.05) is 49.9 Å². The topological polar surface area (TPSA) is 74.8 Å². The summed E-state index contributed by atoms with van der Waals surface area (Å²) in [4.78, 5) is 33.2. The normalized spacial score (nSPS) is 15.1. The van der Waals surface area contributed by atoms with Crippen molar-refractivity contribution in [1.29, 1.82) is 0 Å². The van der Waals surface area contributed by atoms with Crippen molar-refractivity contribution in [3.8, 4) is 16.3 Å². The molecule has 1 fully saturated rings. The molecule has 0 spiro atoms. The van der Waals surface area contributed by atoms with Crippen LogP contribution >= 0.6 is 11.3 Å². The number of methoxy groups -OCH3 is 1. The number of benzene rings is 1. The number of amides is 2. The van der Waals surface area contributed by atoms with Crippen molar-refractivity contribution in [3.05, 3.63) is 35.3 Å². The molecule has 3 rings (SSSR count). The van der Waals surface area contributed by atoms with Crippen molar-refractivity contribution < 1.29 is 14.3 Å². The summed E-state index contributed by atoms with van der Waals surface area (Å²) >= 11 is 1.64. The minimum Gasteiger partial charge on any atom is -0.497 e. The molecule has 8 heteroatoms. The molecule has 1 N–H and O–H groups in total. The summed E-state index contributed by atoms with van der Waals surface area (Å²) in [5.41, 5.74) is 1.64. The summed E-state index contributed by atoms with van der Waals surface area (Å²) < 4.78 is 5.21. The predicted molar refractivity (Wildman–Crippen MR) is 118 cm³/mol. The molecule has 0 atom stereocenters. The number of hydrogen-bond donors (Lipinski definition) is 1. The molecule has 1 aliphatic rings. The molecule has 0 aliphatic carbocycles. The van der Waals surface area contributed by atoms with Gasteiger partial charge in [-0.1, -0.05) is 20.8 Å². The number of hydrogen-bond acceptors (Lipinski definition) is 6. The third-order valence-electron chi connectivity index (χ3n) is 5.08. The van der Waals surface area contributed by atoms with Gasteiger partial charge in [-0.05, 0) is 24.3 Å². The third-order valence-corrected chi connectivity index (χ3v) is 6.02. The number of carbonyl (C=O) groups is 2. The van der Waals surface area contributed by atoms with Gasteiger partial charge in [-0.2, -0.15) is 0 Å². The van der Waals surface area contributed by atoms with Crippen LogP contribution in [0.3, 0.4) is 0 Å². The Morgan fingerprint density at radius 1 is 1.13 bits per heavy atom. The first-order valence-corrected chi connectivity index (χ1v) is 11.0. The highest BCUT2D eigenvalue weighted by Gasteiger charge is 2.25. The Labute approximate surface area is 182 Å². The van der Waals surface area contributed by atoms with E-state index in [2.05, 4.69) is 15.6 Å². The maximum atomic E-state index is 12.4. The molecule has 2 heterocycles. The first-order valence-electron chi connectivity index (χ1n) is 10.1. The number of nitrogens with one attached hydrogen (secondary N) is 1. The lowest BCUT2D eigenvalue weighted by molar-refractivity contribution is -0.136. The molecule has 0 bridgehead atoms. The number of thiazole rings is 1. The van der Waals surface area contributed by atoms with Gasteiger partial charge in [0.25, 0.3) is 0 Å². The average molecular weight is 431 g/mol. The zero-order valence-electron chi connectivity index (χ0n) is 18.1.